The first-order valence-corrected chi connectivity index (χ1v) is 5.96. The number of amides is 1. The van der Waals surface area contributed by atoms with Gasteiger partial charge >= 0.3 is 0 Å². The van der Waals surface area contributed by atoms with Gasteiger partial charge in [-0.05, 0) is 41.1 Å². The average Bonchev–Trinajstić information content (AvgIpc) is 2.71. The van der Waals surface area contributed by atoms with Gasteiger partial charge in [-0.1, -0.05) is 6.58 Å². The molecule has 0 spiro atoms. The summed E-state index contributed by atoms with van der Waals surface area (Å²) in [5.74, 6) is -0.198. The molecule has 1 amide bonds. The summed E-state index contributed by atoms with van der Waals surface area (Å²) in [5, 5.41) is 2.78. The Balaban J connectivity index is 2.29. The lowest BCUT2D eigenvalue weighted by molar-refractivity contribution is -0.117. The fraction of sp³-hybridized carbons (Fsp3) is 0.167. The van der Waals surface area contributed by atoms with Crippen LogP contribution in [-0.2, 0) is 4.79 Å². The van der Waals surface area contributed by atoms with Crippen LogP contribution in [0.1, 0.15) is 18.7 Å². The van der Waals surface area contributed by atoms with E-state index in [-0.39, 0.29) is 11.9 Å². The molecule has 0 aliphatic heterocycles. The molecule has 1 atom stereocenters. The van der Waals surface area contributed by atoms with Crippen LogP contribution in [0.5, 0.6) is 0 Å². The van der Waals surface area contributed by atoms with E-state index in [4.69, 9.17) is 0 Å². The number of nitrogens with one attached hydrogen (secondary N) is 1. The van der Waals surface area contributed by atoms with E-state index in [0.29, 0.717) is 0 Å². The maximum Gasteiger partial charge on any atom is 0.243 e. The van der Waals surface area contributed by atoms with Crippen molar-refractivity contribution in [2.24, 2.45) is 0 Å². The van der Waals surface area contributed by atoms with Crippen molar-refractivity contribution in [3.05, 3.63) is 47.3 Å². The van der Waals surface area contributed by atoms with Gasteiger partial charge in [0, 0.05) is 16.9 Å². The number of rotatable bonds is 3. The van der Waals surface area contributed by atoms with Crippen molar-refractivity contribution in [3.8, 4) is 0 Å². The second-order valence-electron chi connectivity index (χ2n) is 3.71. The van der Waals surface area contributed by atoms with Gasteiger partial charge in [-0.25, -0.2) is 4.98 Å². The first kappa shape index (κ1) is 11.9. The molecule has 0 fully saturated rings. The van der Waals surface area contributed by atoms with Crippen LogP contribution in [0.3, 0.4) is 0 Å². The number of hydrogen-bond donors (Lipinski definition) is 1. The second kappa shape index (κ2) is 4.71. The zero-order valence-electron chi connectivity index (χ0n) is 9.35. The molecular weight excluding hydrogens is 282 g/mol. The summed E-state index contributed by atoms with van der Waals surface area (Å²) in [6.07, 6.45) is 5.07. The van der Waals surface area contributed by atoms with E-state index in [2.05, 4.69) is 32.8 Å². The zero-order valence-corrected chi connectivity index (χ0v) is 10.9. The molecule has 2 aromatic heterocycles. The summed E-state index contributed by atoms with van der Waals surface area (Å²) in [5.41, 5.74) is 1.67. The summed E-state index contributed by atoms with van der Waals surface area (Å²) >= 11 is 3.40. The molecule has 0 aliphatic carbocycles. The third-order valence-electron chi connectivity index (χ3n) is 2.42. The molecule has 88 valence electrons. The highest BCUT2D eigenvalue weighted by Gasteiger charge is 2.11. The van der Waals surface area contributed by atoms with Crippen LogP contribution in [0.25, 0.3) is 5.65 Å². The van der Waals surface area contributed by atoms with Crippen LogP contribution in [0.15, 0.2) is 41.7 Å². The molecule has 2 heterocycles. The van der Waals surface area contributed by atoms with Crippen molar-refractivity contribution in [2.75, 3.05) is 0 Å². The van der Waals surface area contributed by atoms with Crippen LogP contribution in [0.4, 0.5) is 0 Å². The molecule has 17 heavy (non-hydrogen) atoms. The Morgan fingerprint density at radius 2 is 2.35 bits per heavy atom. The Hall–Kier alpha value is -1.62. The monoisotopic (exact) mass is 293 g/mol. The molecule has 2 rings (SSSR count). The van der Waals surface area contributed by atoms with Gasteiger partial charge in [-0.15, -0.1) is 0 Å². The summed E-state index contributed by atoms with van der Waals surface area (Å²) < 4.78 is 2.90. The summed E-state index contributed by atoms with van der Waals surface area (Å²) in [6.45, 7) is 5.30. The largest absolute Gasteiger partial charge is 0.344 e. The summed E-state index contributed by atoms with van der Waals surface area (Å²) in [4.78, 5) is 15.6. The van der Waals surface area contributed by atoms with Crippen molar-refractivity contribution < 1.29 is 4.79 Å². The Labute approximate surface area is 107 Å². The number of carbonyl (C=O) groups is 1. The van der Waals surface area contributed by atoms with E-state index < -0.39 is 0 Å². The van der Waals surface area contributed by atoms with Gasteiger partial charge in [0.1, 0.15) is 5.65 Å². The number of halogens is 1. The number of pyridine rings is 1. The topological polar surface area (TPSA) is 46.4 Å². The van der Waals surface area contributed by atoms with Gasteiger partial charge in [-0.2, -0.15) is 0 Å². The zero-order chi connectivity index (χ0) is 12.4. The van der Waals surface area contributed by atoms with Gasteiger partial charge in [0.05, 0.1) is 11.7 Å². The number of nitrogens with zero attached hydrogens (tertiary/aromatic N) is 2. The van der Waals surface area contributed by atoms with Crippen LogP contribution >= 0.6 is 15.9 Å². The first-order valence-electron chi connectivity index (χ1n) is 5.17. The van der Waals surface area contributed by atoms with Gasteiger partial charge in [0.15, 0.2) is 0 Å². The molecule has 0 saturated carbocycles. The smallest absolute Gasteiger partial charge is 0.243 e. The fourth-order valence-electron chi connectivity index (χ4n) is 1.54. The SMILES string of the molecule is C=CC(=O)N[C@@H](C)c1cn2cc(Br)ccc2n1. The quantitative estimate of drug-likeness (QED) is 0.884. The van der Waals surface area contributed by atoms with Crippen LogP contribution < -0.4 is 5.32 Å². The van der Waals surface area contributed by atoms with Gasteiger partial charge in [0.25, 0.3) is 0 Å². The van der Waals surface area contributed by atoms with Crippen molar-refractivity contribution in [1.29, 1.82) is 0 Å². The van der Waals surface area contributed by atoms with E-state index in [1.165, 1.54) is 6.08 Å². The molecular formula is C12H12BrN3O. The molecule has 0 aliphatic rings. The number of imidazole rings is 1. The fourth-order valence-corrected chi connectivity index (χ4v) is 1.89. The highest BCUT2D eigenvalue weighted by atomic mass is 79.9. The number of hydrogen-bond acceptors (Lipinski definition) is 2. The normalized spacial score (nSPS) is 12.4. The molecule has 4 nitrogen and oxygen atoms in total. The predicted molar refractivity (Wildman–Crippen MR) is 69.6 cm³/mol. The van der Waals surface area contributed by atoms with E-state index >= 15 is 0 Å². The standard InChI is InChI=1S/C12H12BrN3O/c1-3-12(17)14-8(2)10-7-16-6-9(13)4-5-11(16)15-10/h3-8H,1H2,2H3,(H,14,17)/t8-/m0/s1. The Bertz CT molecular complexity index is 576. The van der Waals surface area contributed by atoms with E-state index in [0.717, 1.165) is 15.8 Å². The first-order chi connectivity index (χ1) is 8.10. The lowest BCUT2D eigenvalue weighted by Gasteiger charge is -2.08. The van der Waals surface area contributed by atoms with Crippen LogP contribution in [0.2, 0.25) is 0 Å². The molecule has 0 unspecified atom stereocenters. The maximum atomic E-state index is 11.2. The van der Waals surface area contributed by atoms with E-state index in [9.17, 15) is 4.79 Å². The highest BCUT2D eigenvalue weighted by molar-refractivity contribution is 9.10. The van der Waals surface area contributed by atoms with Crippen molar-refractivity contribution in [2.45, 2.75) is 13.0 Å². The minimum absolute atomic E-state index is 0.140. The van der Waals surface area contributed by atoms with Gasteiger partial charge in [-0.3, -0.25) is 4.79 Å². The Morgan fingerprint density at radius 3 is 3.06 bits per heavy atom. The van der Waals surface area contributed by atoms with E-state index in [1.807, 2.05) is 35.9 Å². The number of aromatic nitrogens is 2. The third-order valence-corrected chi connectivity index (χ3v) is 2.89. The second-order valence-corrected chi connectivity index (χ2v) is 4.63. The summed E-state index contributed by atoms with van der Waals surface area (Å²) in [6, 6.07) is 3.70. The molecule has 0 saturated heterocycles. The lowest BCUT2D eigenvalue weighted by atomic mass is 10.2. The molecule has 1 N–H and O–H groups in total. The van der Waals surface area contributed by atoms with E-state index in [1.54, 1.807) is 0 Å². The molecule has 0 bridgehead atoms. The van der Waals surface area contributed by atoms with Crippen molar-refractivity contribution >= 4 is 27.5 Å². The Kier molecular flexibility index (Phi) is 3.28. The van der Waals surface area contributed by atoms with Crippen LogP contribution in [0, 0.1) is 0 Å². The van der Waals surface area contributed by atoms with Gasteiger partial charge < -0.3 is 9.72 Å². The third kappa shape index (κ3) is 2.55. The Morgan fingerprint density at radius 1 is 1.59 bits per heavy atom. The molecule has 2 aromatic rings. The minimum Gasteiger partial charge on any atom is -0.344 e. The van der Waals surface area contributed by atoms with Crippen molar-refractivity contribution in [3.63, 3.8) is 0 Å². The predicted octanol–water partition coefficient (Wildman–Crippen LogP) is 2.46. The van der Waals surface area contributed by atoms with Gasteiger partial charge in [0.2, 0.25) is 5.91 Å². The number of carbonyl (C=O) groups excluding carboxylic acids is 1. The number of fused-ring (bicyclic) bond motifs is 1. The molecule has 0 radical (unpaired) electrons. The molecule has 0 aromatic carbocycles. The minimum atomic E-state index is -0.198. The summed E-state index contributed by atoms with van der Waals surface area (Å²) in [7, 11) is 0. The molecule has 5 heteroatoms. The maximum absolute atomic E-state index is 11.2. The lowest BCUT2D eigenvalue weighted by Crippen LogP contribution is -2.24. The van der Waals surface area contributed by atoms with Crippen molar-refractivity contribution in [1.82, 2.24) is 14.7 Å². The van der Waals surface area contributed by atoms with Crippen LogP contribution in [-0.4, -0.2) is 15.3 Å². The highest BCUT2D eigenvalue weighted by Crippen LogP contribution is 2.16. The average molecular weight is 294 g/mol.